The van der Waals surface area contributed by atoms with Crippen LogP contribution < -0.4 is 15.4 Å². The van der Waals surface area contributed by atoms with Gasteiger partial charge in [-0.15, -0.1) is 0 Å². The summed E-state index contributed by atoms with van der Waals surface area (Å²) >= 11 is 0. The molecule has 35 heavy (non-hydrogen) atoms. The first-order chi connectivity index (χ1) is 16.3. The molecule has 0 saturated carbocycles. The van der Waals surface area contributed by atoms with E-state index in [0.29, 0.717) is 24.6 Å². The molecule has 192 valence electrons. The Morgan fingerprint density at radius 3 is 2.40 bits per heavy atom. The zero-order valence-corrected chi connectivity index (χ0v) is 21.5. The maximum absolute atomic E-state index is 14.4. The number of likely N-dealkylation sites (N-methyl/N-ethyl adjacent to an activating group) is 1. The van der Waals surface area contributed by atoms with Crippen LogP contribution in [0.3, 0.4) is 0 Å². The molecule has 2 N–H and O–H groups in total. The van der Waals surface area contributed by atoms with E-state index in [9.17, 15) is 18.4 Å². The normalized spacial score (nSPS) is 15.4. The van der Waals surface area contributed by atoms with E-state index in [1.54, 1.807) is 13.8 Å². The predicted molar refractivity (Wildman–Crippen MR) is 129 cm³/mol. The van der Waals surface area contributed by atoms with E-state index < -0.39 is 29.0 Å². The summed E-state index contributed by atoms with van der Waals surface area (Å²) in [5.41, 5.74) is 0.500. The predicted octanol–water partition coefficient (Wildman–Crippen LogP) is 3.34. The molecule has 8 nitrogen and oxygen atoms in total. The fourth-order valence-corrected chi connectivity index (χ4v) is 4.18. The number of fused-ring (bicyclic) bond motifs is 1. The summed E-state index contributed by atoms with van der Waals surface area (Å²) in [6.45, 7) is 10.9. The second kappa shape index (κ2) is 10.3. The van der Waals surface area contributed by atoms with Crippen molar-refractivity contribution in [2.45, 2.75) is 66.3 Å². The van der Waals surface area contributed by atoms with Gasteiger partial charge in [0.25, 0.3) is 5.91 Å². The lowest BCUT2D eigenvalue weighted by Crippen LogP contribution is -2.53. The summed E-state index contributed by atoms with van der Waals surface area (Å²) < 4.78 is 36.1. The van der Waals surface area contributed by atoms with Crippen molar-refractivity contribution in [1.29, 1.82) is 0 Å². The molecule has 1 aliphatic rings. The molecule has 0 fully saturated rings. The topological polar surface area (TPSA) is 88.5 Å². The second-order valence-corrected chi connectivity index (χ2v) is 10.3. The number of hydrogen-bond acceptors (Lipinski definition) is 5. The van der Waals surface area contributed by atoms with Gasteiger partial charge in [-0.25, -0.2) is 13.8 Å². The Kier molecular flexibility index (Phi) is 7.83. The fraction of sp³-hybridized carbons (Fsp3) is 0.560. The highest BCUT2D eigenvalue weighted by Crippen LogP contribution is 2.35. The summed E-state index contributed by atoms with van der Waals surface area (Å²) in [5.74, 6) is -2.41. The maximum atomic E-state index is 14.4. The molecule has 1 aromatic heterocycles. The van der Waals surface area contributed by atoms with E-state index in [4.69, 9.17) is 4.74 Å². The molecule has 0 saturated heterocycles. The fourth-order valence-electron chi connectivity index (χ4n) is 4.18. The van der Waals surface area contributed by atoms with Crippen molar-refractivity contribution in [3.63, 3.8) is 0 Å². The zero-order valence-electron chi connectivity index (χ0n) is 21.5. The Labute approximate surface area is 205 Å². The highest BCUT2D eigenvalue weighted by Gasteiger charge is 2.35. The van der Waals surface area contributed by atoms with E-state index in [1.165, 1.54) is 7.05 Å². The van der Waals surface area contributed by atoms with Crippen LogP contribution in [0.2, 0.25) is 0 Å². The van der Waals surface area contributed by atoms with Crippen LogP contribution in [-0.4, -0.2) is 59.1 Å². The number of carbonyl (C=O) groups excluding carboxylic acids is 2. The number of hydrogen-bond donors (Lipinski definition) is 2. The van der Waals surface area contributed by atoms with Gasteiger partial charge in [0, 0.05) is 26.2 Å². The number of amides is 2. The molecule has 0 bridgehead atoms. The molecule has 10 heteroatoms. The Morgan fingerprint density at radius 1 is 1.14 bits per heavy atom. The van der Waals surface area contributed by atoms with Gasteiger partial charge < -0.3 is 24.8 Å². The number of aromatic nitrogens is 2. The molecule has 1 unspecified atom stereocenters. The monoisotopic (exact) mass is 491 g/mol. The smallest absolute Gasteiger partial charge is 0.272 e. The Balaban J connectivity index is 2.16. The number of benzene rings is 1. The molecule has 2 heterocycles. The lowest BCUT2D eigenvalue weighted by Gasteiger charge is -2.29. The molecule has 0 spiro atoms. The van der Waals surface area contributed by atoms with Gasteiger partial charge in [0.2, 0.25) is 5.91 Å². The van der Waals surface area contributed by atoms with Crippen LogP contribution in [-0.2, 0) is 17.9 Å². The summed E-state index contributed by atoms with van der Waals surface area (Å²) in [5, 5.41) is 5.43. The van der Waals surface area contributed by atoms with Crippen LogP contribution in [0.15, 0.2) is 12.1 Å². The number of imidazole rings is 1. The highest BCUT2D eigenvalue weighted by atomic mass is 19.2. The van der Waals surface area contributed by atoms with Gasteiger partial charge in [0.1, 0.15) is 17.6 Å². The van der Waals surface area contributed by atoms with Crippen LogP contribution >= 0.6 is 0 Å². The van der Waals surface area contributed by atoms with Gasteiger partial charge >= 0.3 is 0 Å². The first kappa shape index (κ1) is 26.6. The molecule has 1 aliphatic heterocycles. The third-order valence-electron chi connectivity index (χ3n) is 5.90. The first-order valence-corrected chi connectivity index (χ1v) is 11.8. The van der Waals surface area contributed by atoms with Crippen LogP contribution in [0.25, 0.3) is 11.4 Å². The number of carbonyl (C=O) groups is 2. The van der Waals surface area contributed by atoms with Crippen molar-refractivity contribution in [2.24, 2.45) is 5.41 Å². The molecule has 1 aromatic carbocycles. The minimum atomic E-state index is -1.03. The molecular weight excluding hydrogens is 456 g/mol. The van der Waals surface area contributed by atoms with Crippen molar-refractivity contribution < 1.29 is 23.1 Å². The van der Waals surface area contributed by atoms with E-state index >= 15 is 0 Å². The molecule has 2 amide bonds. The standard InChI is InChI=1S/C25H35F2N5O3/c1-14(2)35-19-12-17(27)16(26)11-15(19)22-29-20(18-13-31(7)9-8-10-32(18)22)23(33)30-21(24(34)28-6)25(3,4)5/h11-12,14,21H,8-10,13H2,1-7H3,(H,28,34)(H,30,33). The van der Waals surface area contributed by atoms with Crippen LogP contribution in [0.5, 0.6) is 5.75 Å². The SMILES string of the molecule is CNC(=O)C(NC(=O)c1nc(-c2cc(F)c(F)cc2OC(C)C)n2c1CN(C)CCC2)C(C)(C)C. The average Bonchev–Trinajstić information content (AvgIpc) is 2.98. The van der Waals surface area contributed by atoms with Gasteiger partial charge in [-0.1, -0.05) is 20.8 Å². The molecular formula is C25H35F2N5O3. The number of ether oxygens (including phenoxy) is 1. The summed E-state index contributed by atoms with van der Waals surface area (Å²) in [7, 11) is 3.46. The van der Waals surface area contributed by atoms with Crippen molar-refractivity contribution >= 4 is 11.8 Å². The second-order valence-electron chi connectivity index (χ2n) is 10.3. The van der Waals surface area contributed by atoms with Crippen LogP contribution in [0.4, 0.5) is 8.78 Å². The summed E-state index contributed by atoms with van der Waals surface area (Å²) in [6.07, 6.45) is 0.493. The number of nitrogens with one attached hydrogen (secondary N) is 2. The third kappa shape index (κ3) is 5.80. The molecule has 0 aliphatic carbocycles. The summed E-state index contributed by atoms with van der Waals surface area (Å²) in [6, 6.07) is 1.27. The van der Waals surface area contributed by atoms with Crippen LogP contribution in [0, 0.1) is 17.0 Å². The summed E-state index contributed by atoms with van der Waals surface area (Å²) in [4.78, 5) is 32.7. The Bertz CT molecular complexity index is 1110. The minimum Gasteiger partial charge on any atom is -0.490 e. The van der Waals surface area contributed by atoms with Gasteiger partial charge in [0.15, 0.2) is 17.3 Å². The number of nitrogens with zero attached hydrogens (tertiary/aromatic N) is 3. The van der Waals surface area contributed by atoms with Gasteiger partial charge in [-0.2, -0.15) is 0 Å². The minimum absolute atomic E-state index is 0.145. The van der Waals surface area contributed by atoms with E-state index in [2.05, 4.69) is 20.5 Å². The Morgan fingerprint density at radius 2 is 1.80 bits per heavy atom. The maximum Gasteiger partial charge on any atom is 0.272 e. The van der Waals surface area contributed by atoms with Crippen LogP contribution in [0.1, 0.15) is 57.2 Å². The first-order valence-electron chi connectivity index (χ1n) is 11.8. The van der Waals surface area contributed by atoms with E-state index in [-0.39, 0.29) is 29.0 Å². The van der Waals surface area contributed by atoms with Crippen molar-refractivity contribution in [1.82, 2.24) is 25.1 Å². The van der Waals surface area contributed by atoms with Crippen molar-refractivity contribution in [3.8, 4) is 17.1 Å². The Hall–Kier alpha value is -3.01. The van der Waals surface area contributed by atoms with E-state index in [1.807, 2.05) is 32.4 Å². The molecule has 0 radical (unpaired) electrons. The number of halogens is 2. The van der Waals surface area contributed by atoms with Crippen molar-refractivity contribution in [3.05, 3.63) is 35.2 Å². The zero-order chi connectivity index (χ0) is 26.1. The lowest BCUT2D eigenvalue weighted by molar-refractivity contribution is -0.124. The third-order valence-corrected chi connectivity index (χ3v) is 5.90. The van der Waals surface area contributed by atoms with Gasteiger partial charge in [-0.05, 0) is 45.3 Å². The van der Waals surface area contributed by atoms with E-state index in [0.717, 1.165) is 25.1 Å². The van der Waals surface area contributed by atoms with Crippen molar-refractivity contribution in [2.75, 3.05) is 20.6 Å². The molecule has 1 atom stereocenters. The molecule has 2 aromatic rings. The largest absolute Gasteiger partial charge is 0.490 e. The molecule has 3 rings (SSSR count). The van der Waals surface area contributed by atoms with Gasteiger partial charge in [-0.3, -0.25) is 9.59 Å². The highest BCUT2D eigenvalue weighted by molar-refractivity contribution is 5.98. The average molecular weight is 492 g/mol. The lowest BCUT2D eigenvalue weighted by atomic mass is 9.86. The quantitative estimate of drug-likeness (QED) is 0.647. The van der Waals surface area contributed by atoms with Gasteiger partial charge in [0.05, 0.1) is 17.4 Å². The number of rotatable bonds is 6.